The van der Waals surface area contributed by atoms with Gasteiger partial charge in [0.1, 0.15) is 0 Å². The summed E-state index contributed by atoms with van der Waals surface area (Å²) in [4.78, 5) is 6.69. The summed E-state index contributed by atoms with van der Waals surface area (Å²) in [6, 6.07) is 3.97. The summed E-state index contributed by atoms with van der Waals surface area (Å²) in [7, 11) is 0. The first-order valence-electron chi connectivity index (χ1n) is 6.62. The Hall–Kier alpha value is -1.09. The highest BCUT2D eigenvalue weighted by atomic mass is 16.5. The van der Waals surface area contributed by atoms with Gasteiger partial charge in [-0.25, -0.2) is 4.98 Å². The monoisotopic (exact) mass is 234 g/mol. The molecule has 1 fully saturated rings. The summed E-state index contributed by atoms with van der Waals surface area (Å²) in [5, 5.41) is 0. The smallest absolute Gasteiger partial charge is 0.213 e. The van der Waals surface area contributed by atoms with Gasteiger partial charge >= 0.3 is 0 Å². The van der Waals surface area contributed by atoms with E-state index in [1.807, 2.05) is 25.3 Å². The molecule has 0 atom stereocenters. The molecule has 0 radical (unpaired) electrons. The lowest BCUT2D eigenvalue weighted by Crippen LogP contribution is -2.01. The van der Waals surface area contributed by atoms with Gasteiger partial charge in [-0.05, 0) is 31.9 Å². The van der Waals surface area contributed by atoms with Crippen molar-refractivity contribution < 1.29 is 4.74 Å². The molecule has 0 amide bonds. The lowest BCUT2D eigenvalue weighted by atomic mass is 10.2. The number of hydrogen-bond acceptors (Lipinski definition) is 3. The molecule has 0 unspecified atom stereocenters. The van der Waals surface area contributed by atoms with Gasteiger partial charge in [-0.3, -0.25) is 0 Å². The van der Waals surface area contributed by atoms with E-state index >= 15 is 0 Å². The largest absolute Gasteiger partial charge is 0.478 e. The molecule has 1 aliphatic rings. The van der Waals surface area contributed by atoms with Crippen molar-refractivity contribution in [2.45, 2.75) is 32.6 Å². The SMILES string of the molecule is Cc1ccc(OCCCCCCN2CC2)nc1. The van der Waals surface area contributed by atoms with E-state index in [1.165, 1.54) is 44.5 Å². The van der Waals surface area contributed by atoms with Gasteiger partial charge in [0.25, 0.3) is 0 Å². The number of rotatable bonds is 8. The zero-order valence-electron chi connectivity index (χ0n) is 10.7. The standard InChI is InChI=1S/C14H22N2O/c1-13-6-7-14(15-12-13)17-11-5-3-2-4-8-16-9-10-16/h6-7,12H,2-5,8-11H2,1H3. The average molecular weight is 234 g/mol. The molecule has 1 aromatic heterocycles. The molecule has 3 heteroatoms. The van der Waals surface area contributed by atoms with E-state index in [0.717, 1.165) is 18.9 Å². The molecule has 2 rings (SSSR count). The van der Waals surface area contributed by atoms with Crippen LogP contribution in [-0.2, 0) is 0 Å². The van der Waals surface area contributed by atoms with Gasteiger partial charge in [0.05, 0.1) is 6.61 Å². The second kappa shape index (κ2) is 6.60. The van der Waals surface area contributed by atoms with Gasteiger partial charge in [0.15, 0.2) is 0 Å². The molecule has 2 heterocycles. The zero-order valence-corrected chi connectivity index (χ0v) is 10.7. The third kappa shape index (κ3) is 5.18. The molecule has 0 bridgehead atoms. The number of nitrogens with zero attached hydrogens (tertiary/aromatic N) is 2. The Balaban J connectivity index is 1.46. The normalized spacial score (nSPS) is 14.9. The Morgan fingerprint density at radius 2 is 2.00 bits per heavy atom. The molecule has 0 saturated carbocycles. The zero-order chi connectivity index (χ0) is 11.9. The molecule has 0 aromatic carbocycles. The van der Waals surface area contributed by atoms with E-state index in [1.54, 1.807) is 0 Å². The summed E-state index contributed by atoms with van der Waals surface area (Å²) < 4.78 is 5.58. The summed E-state index contributed by atoms with van der Waals surface area (Å²) in [5.74, 6) is 0.750. The minimum atomic E-state index is 0.750. The molecule has 3 nitrogen and oxygen atoms in total. The predicted molar refractivity (Wildman–Crippen MR) is 69.4 cm³/mol. The number of unbranched alkanes of at least 4 members (excludes halogenated alkanes) is 3. The summed E-state index contributed by atoms with van der Waals surface area (Å²) in [6.45, 7) is 6.76. The van der Waals surface area contributed by atoms with Crippen LogP contribution in [0.4, 0.5) is 0 Å². The highest BCUT2D eigenvalue weighted by molar-refractivity contribution is 5.16. The predicted octanol–water partition coefficient (Wildman–Crippen LogP) is 2.64. The highest BCUT2D eigenvalue weighted by Gasteiger charge is 2.14. The van der Waals surface area contributed by atoms with Crippen molar-refractivity contribution >= 4 is 0 Å². The number of pyridine rings is 1. The first-order chi connectivity index (χ1) is 8.34. The maximum absolute atomic E-state index is 5.58. The fraction of sp³-hybridized carbons (Fsp3) is 0.643. The lowest BCUT2D eigenvalue weighted by molar-refractivity contribution is 0.292. The first kappa shape index (κ1) is 12.4. The van der Waals surface area contributed by atoms with Gasteiger partial charge in [-0.2, -0.15) is 0 Å². The van der Waals surface area contributed by atoms with E-state index in [-0.39, 0.29) is 0 Å². The van der Waals surface area contributed by atoms with Crippen molar-refractivity contribution in [3.05, 3.63) is 23.9 Å². The van der Waals surface area contributed by atoms with Crippen molar-refractivity contribution in [1.82, 2.24) is 9.88 Å². The molecule has 1 aliphatic heterocycles. The molecule has 1 aromatic rings. The van der Waals surface area contributed by atoms with Crippen LogP contribution in [-0.4, -0.2) is 36.1 Å². The van der Waals surface area contributed by atoms with E-state index in [2.05, 4.69) is 9.88 Å². The maximum Gasteiger partial charge on any atom is 0.213 e. The van der Waals surface area contributed by atoms with E-state index < -0.39 is 0 Å². The van der Waals surface area contributed by atoms with Crippen LogP contribution < -0.4 is 4.74 Å². The number of aromatic nitrogens is 1. The van der Waals surface area contributed by atoms with Crippen LogP contribution >= 0.6 is 0 Å². The van der Waals surface area contributed by atoms with Crippen LogP contribution in [0.1, 0.15) is 31.2 Å². The van der Waals surface area contributed by atoms with Gasteiger partial charge in [0.2, 0.25) is 5.88 Å². The quantitative estimate of drug-likeness (QED) is 0.510. The Kier molecular flexibility index (Phi) is 4.80. The van der Waals surface area contributed by atoms with Crippen molar-refractivity contribution in [2.75, 3.05) is 26.2 Å². The molecular formula is C14H22N2O. The molecule has 0 spiro atoms. The maximum atomic E-state index is 5.58. The lowest BCUT2D eigenvalue weighted by Gasteiger charge is -2.05. The molecule has 17 heavy (non-hydrogen) atoms. The third-order valence-electron chi connectivity index (χ3n) is 3.04. The van der Waals surface area contributed by atoms with Crippen molar-refractivity contribution in [1.29, 1.82) is 0 Å². The summed E-state index contributed by atoms with van der Waals surface area (Å²) in [5.41, 5.74) is 1.17. The fourth-order valence-electron chi connectivity index (χ4n) is 1.80. The molecular weight excluding hydrogens is 212 g/mol. The van der Waals surface area contributed by atoms with Crippen LogP contribution in [0.5, 0.6) is 5.88 Å². The number of hydrogen-bond donors (Lipinski definition) is 0. The molecule has 94 valence electrons. The highest BCUT2D eigenvalue weighted by Crippen LogP contribution is 2.10. The molecule has 0 N–H and O–H groups in total. The third-order valence-corrected chi connectivity index (χ3v) is 3.04. The van der Waals surface area contributed by atoms with Crippen LogP contribution in [0, 0.1) is 6.92 Å². The summed E-state index contributed by atoms with van der Waals surface area (Å²) in [6.07, 6.45) is 6.90. The van der Waals surface area contributed by atoms with E-state index in [4.69, 9.17) is 4.74 Å². The van der Waals surface area contributed by atoms with Crippen LogP contribution in [0.15, 0.2) is 18.3 Å². The van der Waals surface area contributed by atoms with Crippen molar-refractivity contribution in [2.24, 2.45) is 0 Å². The molecule has 0 aliphatic carbocycles. The van der Waals surface area contributed by atoms with Gasteiger partial charge in [0, 0.05) is 25.4 Å². The Morgan fingerprint density at radius 1 is 1.18 bits per heavy atom. The fourth-order valence-corrected chi connectivity index (χ4v) is 1.80. The topological polar surface area (TPSA) is 25.1 Å². The first-order valence-corrected chi connectivity index (χ1v) is 6.62. The van der Waals surface area contributed by atoms with Crippen LogP contribution in [0.3, 0.4) is 0 Å². The minimum Gasteiger partial charge on any atom is -0.478 e. The van der Waals surface area contributed by atoms with E-state index in [0.29, 0.717) is 0 Å². The second-order valence-electron chi connectivity index (χ2n) is 4.78. The Bertz CT molecular complexity index is 319. The number of ether oxygens (including phenoxy) is 1. The van der Waals surface area contributed by atoms with Crippen LogP contribution in [0.2, 0.25) is 0 Å². The van der Waals surface area contributed by atoms with Gasteiger partial charge in [-0.15, -0.1) is 0 Å². The average Bonchev–Trinajstić information content (AvgIpc) is 3.14. The molecule has 1 saturated heterocycles. The Morgan fingerprint density at radius 3 is 2.71 bits per heavy atom. The second-order valence-corrected chi connectivity index (χ2v) is 4.78. The van der Waals surface area contributed by atoms with Crippen molar-refractivity contribution in [3.8, 4) is 5.88 Å². The number of aryl methyl sites for hydroxylation is 1. The van der Waals surface area contributed by atoms with Crippen molar-refractivity contribution in [3.63, 3.8) is 0 Å². The van der Waals surface area contributed by atoms with E-state index in [9.17, 15) is 0 Å². The Labute approximate surface area is 104 Å². The summed E-state index contributed by atoms with van der Waals surface area (Å²) >= 11 is 0. The van der Waals surface area contributed by atoms with Crippen LogP contribution in [0.25, 0.3) is 0 Å². The van der Waals surface area contributed by atoms with Gasteiger partial charge in [-0.1, -0.05) is 18.9 Å². The minimum absolute atomic E-state index is 0.750. The van der Waals surface area contributed by atoms with Gasteiger partial charge < -0.3 is 9.64 Å².